The Balaban J connectivity index is 1.97. The molecule has 0 saturated carbocycles. The second-order valence-electron chi connectivity index (χ2n) is 3.93. The first-order valence-corrected chi connectivity index (χ1v) is 7.18. The van der Waals surface area contributed by atoms with Crippen molar-refractivity contribution in [3.05, 3.63) is 45.6 Å². The van der Waals surface area contributed by atoms with Crippen molar-refractivity contribution in [1.82, 2.24) is 0 Å². The standard InChI is InChI=1S/C14H14ClNO2S/c1-2-9-18-11-5-3-10(4-6-11)16-14(17)12-7-8-13(15)19-12/h3-8H,2,9H2,1H3,(H,16,17). The van der Waals surface area contributed by atoms with Crippen molar-refractivity contribution >= 4 is 34.5 Å². The van der Waals surface area contributed by atoms with Crippen LogP contribution < -0.4 is 10.1 Å². The summed E-state index contributed by atoms with van der Waals surface area (Å²) >= 11 is 7.06. The average molecular weight is 296 g/mol. The second kappa shape index (κ2) is 6.59. The molecular formula is C14H14ClNO2S. The van der Waals surface area contributed by atoms with Crippen LogP contribution in [0, 0.1) is 0 Å². The van der Waals surface area contributed by atoms with Gasteiger partial charge in [0, 0.05) is 5.69 Å². The van der Waals surface area contributed by atoms with Crippen LogP contribution in [-0.4, -0.2) is 12.5 Å². The quantitative estimate of drug-likeness (QED) is 0.885. The first-order chi connectivity index (χ1) is 9.19. The fourth-order valence-corrected chi connectivity index (χ4v) is 2.42. The van der Waals surface area contributed by atoms with E-state index >= 15 is 0 Å². The predicted octanol–water partition coefficient (Wildman–Crippen LogP) is 4.44. The number of hydrogen-bond acceptors (Lipinski definition) is 3. The number of hydrogen-bond donors (Lipinski definition) is 1. The first-order valence-electron chi connectivity index (χ1n) is 5.98. The SMILES string of the molecule is CCCOc1ccc(NC(=O)c2ccc(Cl)s2)cc1. The van der Waals surface area contributed by atoms with Gasteiger partial charge in [0.05, 0.1) is 15.8 Å². The molecule has 0 aliphatic heterocycles. The minimum absolute atomic E-state index is 0.154. The molecule has 0 saturated heterocycles. The molecule has 1 heterocycles. The van der Waals surface area contributed by atoms with Gasteiger partial charge >= 0.3 is 0 Å². The van der Waals surface area contributed by atoms with E-state index in [9.17, 15) is 4.79 Å². The van der Waals surface area contributed by atoms with Crippen LogP contribution in [0.4, 0.5) is 5.69 Å². The van der Waals surface area contributed by atoms with Gasteiger partial charge in [0.25, 0.3) is 5.91 Å². The van der Waals surface area contributed by atoms with Crippen molar-refractivity contribution in [2.24, 2.45) is 0 Å². The molecule has 0 unspecified atom stereocenters. The van der Waals surface area contributed by atoms with Gasteiger partial charge in [0.15, 0.2) is 0 Å². The Morgan fingerprint density at radius 3 is 2.58 bits per heavy atom. The molecule has 0 fully saturated rings. The molecule has 0 radical (unpaired) electrons. The molecule has 0 spiro atoms. The maximum atomic E-state index is 11.9. The number of nitrogens with one attached hydrogen (secondary N) is 1. The number of rotatable bonds is 5. The topological polar surface area (TPSA) is 38.3 Å². The molecular weight excluding hydrogens is 282 g/mol. The summed E-state index contributed by atoms with van der Waals surface area (Å²) in [5, 5.41) is 2.81. The summed E-state index contributed by atoms with van der Waals surface area (Å²) in [7, 11) is 0. The summed E-state index contributed by atoms with van der Waals surface area (Å²) in [5.74, 6) is 0.651. The van der Waals surface area contributed by atoms with Crippen LogP contribution in [0.1, 0.15) is 23.0 Å². The van der Waals surface area contributed by atoms with Gasteiger partial charge in [-0.25, -0.2) is 0 Å². The zero-order chi connectivity index (χ0) is 13.7. The largest absolute Gasteiger partial charge is 0.494 e. The van der Waals surface area contributed by atoms with Crippen molar-refractivity contribution in [3.63, 3.8) is 0 Å². The molecule has 0 bridgehead atoms. The molecule has 1 aromatic heterocycles. The smallest absolute Gasteiger partial charge is 0.265 e. The van der Waals surface area contributed by atoms with Crippen LogP contribution >= 0.6 is 22.9 Å². The highest BCUT2D eigenvalue weighted by Gasteiger charge is 2.08. The van der Waals surface area contributed by atoms with E-state index in [-0.39, 0.29) is 5.91 Å². The van der Waals surface area contributed by atoms with Gasteiger partial charge in [0.2, 0.25) is 0 Å². The molecule has 2 aromatic rings. The van der Waals surface area contributed by atoms with Gasteiger partial charge in [-0.1, -0.05) is 18.5 Å². The van der Waals surface area contributed by atoms with Gasteiger partial charge < -0.3 is 10.1 Å². The predicted molar refractivity (Wildman–Crippen MR) is 79.5 cm³/mol. The third-order valence-electron chi connectivity index (χ3n) is 2.38. The second-order valence-corrected chi connectivity index (χ2v) is 5.65. The summed E-state index contributed by atoms with van der Waals surface area (Å²) in [4.78, 5) is 12.5. The van der Waals surface area contributed by atoms with Crippen LogP contribution in [0.25, 0.3) is 0 Å². The summed E-state index contributed by atoms with van der Waals surface area (Å²) in [6.45, 7) is 2.75. The van der Waals surface area contributed by atoms with Gasteiger partial charge in [-0.2, -0.15) is 0 Å². The molecule has 0 aliphatic carbocycles. The van der Waals surface area contributed by atoms with Crippen molar-refractivity contribution in [3.8, 4) is 5.75 Å². The molecule has 100 valence electrons. The van der Waals surface area contributed by atoms with Gasteiger partial charge in [-0.05, 0) is 42.8 Å². The number of thiophene rings is 1. The Kier molecular flexibility index (Phi) is 4.82. The van der Waals surface area contributed by atoms with Crippen LogP contribution in [0.2, 0.25) is 4.34 Å². The highest BCUT2D eigenvalue weighted by molar-refractivity contribution is 7.18. The number of halogens is 1. The van der Waals surface area contributed by atoms with E-state index in [0.717, 1.165) is 17.9 Å². The van der Waals surface area contributed by atoms with Crippen LogP contribution in [0.5, 0.6) is 5.75 Å². The Morgan fingerprint density at radius 2 is 2.00 bits per heavy atom. The number of carbonyl (C=O) groups excluding carboxylic acids is 1. The molecule has 5 heteroatoms. The van der Waals surface area contributed by atoms with E-state index < -0.39 is 0 Å². The third kappa shape index (κ3) is 3.98. The molecule has 1 amide bonds. The third-order valence-corrected chi connectivity index (χ3v) is 3.61. The van der Waals surface area contributed by atoms with Crippen LogP contribution in [0.15, 0.2) is 36.4 Å². The lowest BCUT2D eigenvalue weighted by atomic mass is 10.3. The van der Waals surface area contributed by atoms with E-state index in [1.165, 1.54) is 11.3 Å². The Morgan fingerprint density at radius 1 is 1.26 bits per heavy atom. The average Bonchev–Trinajstić information content (AvgIpc) is 2.85. The lowest BCUT2D eigenvalue weighted by Gasteiger charge is -2.06. The van der Waals surface area contributed by atoms with Crippen molar-refractivity contribution < 1.29 is 9.53 Å². The Hall–Kier alpha value is -1.52. The van der Waals surface area contributed by atoms with Gasteiger partial charge in [0.1, 0.15) is 5.75 Å². The van der Waals surface area contributed by atoms with E-state index in [0.29, 0.717) is 15.8 Å². The number of amides is 1. The van der Waals surface area contributed by atoms with E-state index in [4.69, 9.17) is 16.3 Å². The number of carbonyl (C=O) groups is 1. The molecule has 1 aromatic carbocycles. The summed E-state index contributed by atoms with van der Waals surface area (Å²) in [5.41, 5.74) is 0.735. The van der Waals surface area contributed by atoms with Crippen molar-refractivity contribution in [1.29, 1.82) is 0 Å². The van der Waals surface area contributed by atoms with Crippen molar-refractivity contribution in [2.45, 2.75) is 13.3 Å². The normalized spacial score (nSPS) is 10.2. The van der Waals surface area contributed by atoms with Crippen LogP contribution in [0.3, 0.4) is 0 Å². The zero-order valence-electron chi connectivity index (χ0n) is 10.5. The van der Waals surface area contributed by atoms with Gasteiger partial charge in [-0.15, -0.1) is 11.3 Å². The number of benzene rings is 1. The fourth-order valence-electron chi connectivity index (χ4n) is 1.48. The van der Waals surface area contributed by atoms with Crippen molar-refractivity contribution in [2.75, 3.05) is 11.9 Å². The minimum atomic E-state index is -0.154. The molecule has 0 aliphatic rings. The Bertz CT molecular complexity index is 551. The zero-order valence-corrected chi connectivity index (χ0v) is 12.1. The lowest BCUT2D eigenvalue weighted by Crippen LogP contribution is -2.09. The molecule has 1 N–H and O–H groups in total. The van der Waals surface area contributed by atoms with E-state index in [1.54, 1.807) is 12.1 Å². The maximum absolute atomic E-state index is 11.9. The van der Waals surface area contributed by atoms with Crippen LogP contribution in [-0.2, 0) is 0 Å². The number of ether oxygens (including phenoxy) is 1. The fraction of sp³-hybridized carbons (Fsp3) is 0.214. The summed E-state index contributed by atoms with van der Waals surface area (Å²) in [6.07, 6.45) is 0.970. The summed E-state index contributed by atoms with van der Waals surface area (Å²) < 4.78 is 6.08. The molecule has 0 atom stereocenters. The van der Waals surface area contributed by atoms with Gasteiger partial charge in [-0.3, -0.25) is 4.79 Å². The molecule has 3 nitrogen and oxygen atoms in total. The monoisotopic (exact) mass is 295 g/mol. The first kappa shape index (κ1) is 13.9. The number of anilines is 1. The molecule has 2 rings (SSSR count). The highest BCUT2D eigenvalue weighted by Crippen LogP contribution is 2.23. The maximum Gasteiger partial charge on any atom is 0.265 e. The van der Waals surface area contributed by atoms with E-state index in [1.807, 2.05) is 24.3 Å². The van der Waals surface area contributed by atoms with E-state index in [2.05, 4.69) is 12.2 Å². The highest BCUT2D eigenvalue weighted by atomic mass is 35.5. The Labute approximate surface area is 121 Å². The molecule has 19 heavy (non-hydrogen) atoms. The summed E-state index contributed by atoms with van der Waals surface area (Å²) in [6, 6.07) is 10.7. The lowest BCUT2D eigenvalue weighted by molar-refractivity contribution is 0.103. The minimum Gasteiger partial charge on any atom is -0.494 e.